The van der Waals surface area contributed by atoms with Crippen molar-refractivity contribution >= 4 is 10.0 Å². The van der Waals surface area contributed by atoms with E-state index in [1.54, 1.807) is 40.6 Å². The predicted molar refractivity (Wildman–Crippen MR) is 93.9 cm³/mol. The van der Waals surface area contributed by atoms with Crippen LogP contribution in [0.15, 0.2) is 29.2 Å². The number of piperazine rings is 1. The minimum Gasteiger partial charge on any atom is -0.497 e. The Morgan fingerprint density at radius 1 is 1.12 bits per heavy atom. The second kappa shape index (κ2) is 7.42. The van der Waals surface area contributed by atoms with Gasteiger partial charge < -0.3 is 9.64 Å². The van der Waals surface area contributed by atoms with Crippen LogP contribution in [0.5, 0.6) is 5.75 Å². The van der Waals surface area contributed by atoms with Gasteiger partial charge in [0.1, 0.15) is 5.75 Å². The lowest BCUT2D eigenvalue weighted by Gasteiger charge is -2.38. The third-order valence-electron chi connectivity index (χ3n) is 5.58. The highest BCUT2D eigenvalue weighted by Crippen LogP contribution is 2.23. The van der Waals surface area contributed by atoms with Crippen molar-refractivity contribution in [3.05, 3.63) is 24.3 Å². The molecule has 0 spiro atoms. The number of methoxy groups -OCH3 is 1. The molecule has 1 aromatic carbocycles. The Morgan fingerprint density at radius 2 is 1.79 bits per heavy atom. The van der Waals surface area contributed by atoms with E-state index in [4.69, 9.17) is 4.74 Å². The number of hydrogen-bond acceptors (Lipinski definition) is 3. The van der Waals surface area contributed by atoms with E-state index in [0.717, 1.165) is 25.0 Å². The summed E-state index contributed by atoms with van der Waals surface area (Å²) in [5.74, 6) is 1.49. The molecule has 1 saturated heterocycles. The first-order chi connectivity index (χ1) is 11.5. The SMILES string of the molecule is COc1ccc(S(=O)(=O)N2CC[NH+]([C@@H]3CCC[C@H](C)C3)CC2)cc1. The second-order valence-corrected chi connectivity index (χ2v) is 9.14. The molecule has 1 aliphatic carbocycles. The van der Waals surface area contributed by atoms with E-state index in [1.807, 2.05) is 0 Å². The summed E-state index contributed by atoms with van der Waals surface area (Å²) in [7, 11) is -1.81. The first kappa shape index (κ1) is 17.7. The van der Waals surface area contributed by atoms with Gasteiger partial charge in [-0.25, -0.2) is 8.42 Å². The maximum absolute atomic E-state index is 12.8. The van der Waals surface area contributed by atoms with E-state index in [0.29, 0.717) is 23.7 Å². The minimum absolute atomic E-state index is 0.359. The summed E-state index contributed by atoms with van der Waals surface area (Å²) < 4.78 is 32.3. The summed E-state index contributed by atoms with van der Waals surface area (Å²) in [6.45, 7) is 5.43. The van der Waals surface area contributed by atoms with Crippen molar-refractivity contribution in [2.75, 3.05) is 33.3 Å². The Kier molecular flexibility index (Phi) is 5.47. The van der Waals surface area contributed by atoms with E-state index in [1.165, 1.54) is 25.7 Å². The molecular weight excluding hydrogens is 324 g/mol. The van der Waals surface area contributed by atoms with Crippen LogP contribution >= 0.6 is 0 Å². The molecule has 0 amide bonds. The summed E-state index contributed by atoms with van der Waals surface area (Å²) in [4.78, 5) is 1.96. The van der Waals surface area contributed by atoms with Crippen LogP contribution in [0.3, 0.4) is 0 Å². The largest absolute Gasteiger partial charge is 0.497 e. The van der Waals surface area contributed by atoms with Crippen LogP contribution in [0, 0.1) is 5.92 Å². The van der Waals surface area contributed by atoms with Gasteiger partial charge in [0.05, 0.1) is 44.2 Å². The molecule has 0 aromatic heterocycles. The first-order valence-corrected chi connectivity index (χ1v) is 10.4. The Hall–Kier alpha value is -1.11. The summed E-state index contributed by atoms with van der Waals surface area (Å²) >= 11 is 0. The summed E-state index contributed by atoms with van der Waals surface area (Å²) in [6, 6.07) is 7.40. The highest BCUT2D eigenvalue weighted by Gasteiger charge is 2.34. The molecule has 1 N–H and O–H groups in total. The Bertz CT molecular complexity index is 637. The van der Waals surface area contributed by atoms with Crippen LogP contribution in [-0.4, -0.2) is 52.1 Å². The number of nitrogens with zero attached hydrogens (tertiary/aromatic N) is 1. The zero-order valence-electron chi connectivity index (χ0n) is 14.7. The molecule has 1 aromatic rings. The monoisotopic (exact) mass is 353 g/mol. The Labute approximate surface area is 145 Å². The number of sulfonamides is 1. The van der Waals surface area contributed by atoms with Gasteiger partial charge in [0.25, 0.3) is 0 Å². The zero-order valence-corrected chi connectivity index (χ0v) is 15.5. The number of hydrogen-bond donors (Lipinski definition) is 1. The third-order valence-corrected chi connectivity index (χ3v) is 7.49. The maximum atomic E-state index is 12.8. The summed E-state index contributed by atoms with van der Waals surface area (Å²) in [6.07, 6.45) is 5.26. The Morgan fingerprint density at radius 3 is 2.38 bits per heavy atom. The number of benzene rings is 1. The Balaban J connectivity index is 1.62. The number of nitrogens with one attached hydrogen (secondary N) is 1. The maximum Gasteiger partial charge on any atom is 0.243 e. The van der Waals surface area contributed by atoms with Crippen molar-refractivity contribution in [2.45, 2.75) is 43.5 Å². The van der Waals surface area contributed by atoms with Crippen LogP contribution in [0.1, 0.15) is 32.6 Å². The molecule has 0 radical (unpaired) electrons. The number of ether oxygens (including phenoxy) is 1. The van der Waals surface area contributed by atoms with Gasteiger partial charge in [0, 0.05) is 6.42 Å². The smallest absolute Gasteiger partial charge is 0.243 e. The fourth-order valence-corrected chi connectivity index (χ4v) is 5.57. The van der Waals surface area contributed by atoms with Crippen molar-refractivity contribution in [1.82, 2.24) is 4.31 Å². The molecule has 2 atom stereocenters. The van der Waals surface area contributed by atoms with Crippen LogP contribution in [0.2, 0.25) is 0 Å². The molecular formula is C18H29N2O3S+. The van der Waals surface area contributed by atoms with E-state index in [2.05, 4.69) is 6.92 Å². The van der Waals surface area contributed by atoms with E-state index in [9.17, 15) is 8.42 Å². The van der Waals surface area contributed by atoms with E-state index >= 15 is 0 Å². The summed E-state index contributed by atoms with van der Waals surface area (Å²) in [5.41, 5.74) is 0. The first-order valence-electron chi connectivity index (χ1n) is 8.99. The molecule has 3 rings (SSSR count). The van der Waals surface area contributed by atoms with Crippen LogP contribution in [0.4, 0.5) is 0 Å². The molecule has 134 valence electrons. The fourth-order valence-electron chi connectivity index (χ4n) is 4.12. The summed E-state index contributed by atoms with van der Waals surface area (Å²) in [5, 5.41) is 0. The molecule has 24 heavy (non-hydrogen) atoms. The van der Waals surface area contributed by atoms with Gasteiger partial charge in [0.2, 0.25) is 10.0 Å². The van der Waals surface area contributed by atoms with Gasteiger partial charge in [-0.15, -0.1) is 0 Å². The lowest BCUT2D eigenvalue weighted by atomic mass is 9.86. The van der Waals surface area contributed by atoms with Crippen molar-refractivity contribution in [2.24, 2.45) is 5.92 Å². The lowest BCUT2D eigenvalue weighted by molar-refractivity contribution is -0.930. The average molecular weight is 354 g/mol. The zero-order chi connectivity index (χ0) is 17.2. The van der Waals surface area contributed by atoms with Gasteiger partial charge in [0.15, 0.2) is 0 Å². The normalized spacial score (nSPS) is 27.1. The van der Waals surface area contributed by atoms with Crippen molar-refractivity contribution < 1.29 is 18.1 Å². The molecule has 1 saturated carbocycles. The van der Waals surface area contributed by atoms with Gasteiger partial charge in [-0.2, -0.15) is 4.31 Å². The molecule has 1 aliphatic heterocycles. The molecule has 2 aliphatic rings. The highest BCUT2D eigenvalue weighted by atomic mass is 32.2. The predicted octanol–water partition coefficient (Wildman–Crippen LogP) is 1.16. The average Bonchev–Trinajstić information content (AvgIpc) is 2.62. The minimum atomic E-state index is -3.39. The van der Waals surface area contributed by atoms with Crippen LogP contribution in [0.25, 0.3) is 0 Å². The fraction of sp³-hybridized carbons (Fsp3) is 0.667. The lowest BCUT2D eigenvalue weighted by Crippen LogP contribution is -3.18. The number of quaternary nitrogens is 1. The number of rotatable bonds is 4. The van der Waals surface area contributed by atoms with E-state index in [-0.39, 0.29) is 0 Å². The van der Waals surface area contributed by atoms with Gasteiger partial charge in [-0.05, 0) is 43.0 Å². The molecule has 0 unspecified atom stereocenters. The quantitative estimate of drug-likeness (QED) is 0.884. The van der Waals surface area contributed by atoms with E-state index < -0.39 is 10.0 Å². The van der Waals surface area contributed by atoms with Gasteiger partial charge >= 0.3 is 0 Å². The molecule has 2 fully saturated rings. The standard InChI is InChI=1S/C18H28N2O3S/c1-15-4-3-5-16(14-15)19-10-12-20(13-11-19)24(21,22)18-8-6-17(23-2)7-9-18/h6-9,15-16H,3-5,10-14H2,1-2H3/p+1/t15-,16+/m0/s1. The molecule has 6 heteroatoms. The van der Waals surface area contributed by atoms with Crippen LogP contribution < -0.4 is 9.64 Å². The molecule has 1 heterocycles. The topological polar surface area (TPSA) is 51.1 Å². The molecule has 5 nitrogen and oxygen atoms in total. The third kappa shape index (κ3) is 3.76. The molecule has 0 bridgehead atoms. The van der Waals surface area contributed by atoms with Crippen molar-refractivity contribution in [3.8, 4) is 5.75 Å². The van der Waals surface area contributed by atoms with Crippen LogP contribution in [-0.2, 0) is 10.0 Å². The second-order valence-electron chi connectivity index (χ2n) is 7.21. The highest BCUT2D eigenvalue weighted by molar-refractivity contribution is 7.89. The van der Waals surface area contributed by atoms with Crippen molar-refractivity contribution in [3.63, 3.8) is 0 Å². The van der Waals surface area contributed by atoms with Gasteiger partial charge in [-0.3, -0.25) is 0 Å². The van der Waals surface area contributed by atoms with Gasteiger partial charge in [-0.1, -0.05) is 13.3 Å². The van der Waals surface area contributed by atoms with Crippen molar-refractivity contribution in [1.29, 1.82) is 0 Å².